The molecule has 0 unspecified atom stereocenters. The molecule has 1 aliphatic carbocycles. The number of hydrogen-bond acceptors (Lipinski definition) is 2. The van der Waals surface area contributed by atoms with Crippen LogP contribution in [0.2, 0.25) is 0 Å². The molecule has 1 fully saturated rings. The fraction of sp³-hybridized carbons (Fsp3) is 0.667. The van der Waals surface area contributed by atoms with Gasteiger partial charge in [0, 0.05) is 16.8 Å². The third-order valence-corrected chi connectivity index (χ3v) is 4.76. The quantitative estimate of drug-likeness (QED) is 0.813. The molecular formula is C12H19NS. The van der Waals surface area contributed by atoms with Crippen molar-refractivity contribution in [2.75, 3.05) is 6.54 Å². The molecule has 2 heteroatoms. The largest absolute Gasteiger partial charge is 0.330 e. The minimum Gasteiger partial charge on any atom is -0.330 e. The Morgan fingerprint density at radius 1 is 1.43 bits per heavy atom. The second-order valence-corrected chi connectivity index (χ2v) is 5.24. The van der Waals surface area contributed by atoms with Gasteiger partial charge in [-0.3, -0.25) is 0 Å². The Labute approximate surface area is 90.3 Å². The topological polar surface area (TPSA) is 26.0 Å². The Morgan fingerprint density at radius 3 is 2.71 bits per heavy atom. The third kappa shape index (κ3) is 1.51. The minimum absolute atomic E-state index is 0.347. The molecule has 0 aromatic carbocycles. The van der Waals surface area contributed by atoms with Crippen LogP contribution in [0.1, 0.15) is 43.0 Å². The lowest BCUT2D eigenvalue weighted by Crippen LogP contribution is -2.31. The molecule has 0 radical (unpaired) electrons. The Hall–Kier alpha value is -0.340. The molecule has 1 aliphatic rings. The van der Waals surface area contributed by atoms with Gasteiger partial charge in [0.25, 0.3) is 0 Å². The first-order chi connectivity index (χ1) is 6.82. The Balaban J connectivity index is 2.35. The SMILES string of the molecule is CCc1ccsc1C1(CN)CCCC1. The summed E-state index contributed by atoms with van der Waals surface area (Å²) in [5, 5.41) is 2.23. The van der Waals surface area contributed by atoms with Gasteiger partial charge in [0.2, 0.25) is 0 Å². The highest BCUT2D eigenvalue weighted by Crippen LogP contribution is 2.44. The number of nitrogens with two attached hydrogens (primary N) is 1. The molecule has 2 rings (SSSR count). The molecule has 1 heterocycles. The second-order valence-electron chi connectivity index (χ2n) is 4.32. The lowest BCUT2D eigenvalue weighted by atomic mass is 9.82. The first-order valence-electron chi connectivity index (χ1n) is 5.59. The lowest BCUT2D eigenvalue weighted by molar-refractivity contribution is 0.459. The summed E-state index contributed by atoms with van der Waals surface area (Å²) < 4.78 is 0. The van der Waals surface area contributed by atoms with E-state index in [0.29, 0.717) is 5.41 Å². The van der Waals surface area contributed by atoms with E-state index >= 15 is 0 Å². The van der Waals surface area contributed by atoms with Crippen LogP contribution < -0.4 is 5.73 Å². The van der Waals surface area contributed by atoms with Gasteiger partial charge >= 0.3 is 0 Å². The van der Waals surface area contributed by atoms with E-state index in [1.807, 2.05) is 11.3 Å². The zero-order valence-corrected chi connectivity index (χ0v) is 9.70. The van der Waals surface area contributed by atoms with Crippen molar-refractivity contribution in [3.8, 4) is 0 Å². The molecular weight excluding hydrogens is 190 g/mol. The fourth-order valence-corrected chi connectivity index (χ4v) is 3.92. The monoisotopic (exact) mass is 209 g/mol. The second kappa shape index (κ2) is 4.03. The molecule has 1 saturated carbocycles. The van der Waals surface area contributed by atoms with Crippen molar-refractivity contribution in [1.82, 2.24) is 0 Å². The van der Waals surface area contributed by atoms with Crippen LogP contribution in [0.4, 0.5) is 0 Å². The van der Waals surface area contributed by atoms with E-state index in [2.05, 4.69) is 18.4 Å². The van der Waals surface area contributed by atoms with E-state index in [-0.39, 0.29) is 0 Å². The molecule has 1 aromatic heterocycles. The molecule has 2 N–H and O–H groups in total. The molecule has 0 atom stereocenters. The average Bonchev–Trinajstić information content (AvgIpc) is 2.86. The molecule has 78 valence electrons. The molecule has 0 aliphatic heterocycles. The third-order valence-electron chi connectivity index (χ3n) is 3.56. The van der Waals surface area contributed by atoms with Gasteiger partial charge in [-0.25, -0.2) is 0 Å². The zero-order valence-electron chi connectivity index (χ0n) is 8.88. The summed E-state index contributed by atoms with van der Waals surface area (Å²) in [6.07, 6.45) is 6.48. The maximum Gasteiger partial charge on any atom is 0.0172 e. The highest BCUT2D eigenvalue weighted by atomic mass is 32.1. The highest BCUT2D eigenvalue weighted by Gasteiger charge is 2.36. The van der Waals surface area contributed by atoms with Gasteiger partial charge in [-0.2, -0.15) is 0 Å². The van der Waals surface area contributed by atoms with Crippen LogP contribution in [0.3, 0.4) is 0 Å². The summed E-state index contributed by atoms with van der Waals surface area (Å²) in [5.41, 5.74) is 7.87. The van der Waals surface area contributed by atoms with E-state index in [9.17, 15) is 0 Å². The minimum atomic E-state index is 0.347. The maximum atomic E-state index is 5.99. The summed E-state index contributed by atoms with van der Waals surface area (Å²) in [4.78, 5) is 1.58. The normalized spacial score (nSPS) is 20.1. The average molecular weight is 209 g/mol. The lowest BCUT2D eigenvalue weighted by Gasteiger charge is -2.27. The number of aryl methyl sites for hydroxylation is 1. The van der Waals surface area contributed by atoms with Crippen LogP contribution >= 0.6 is 11.3 Å². The number of hydrogen-bond donors (Lipinski definition) is 1. The van der Waals surface area contributed by atoms with Gasteiger partial charge in [0.1, 0.15) is 0 Å². The van der Waals surface area contributed by atoms with Gasteiger partial charge in [0.15, 0.2) is 0 Å². The first-order valence-corrected chi connectivity index (χ1v) is 6.47. The smallest absolute Gasteiger partial charge is 0.0172 e. The van der Waals surface area contributed by atoms with Gasteiger partial charge in [-0.15, -0.1) is 11.3 Å². The van der Waals surface area contributed by atoms with Crippen LogP contribution in [0.15, 0.2) is 11.4 Å². The summed E-state index contributed by atoms with van der Waals surface area (Å²) in [7, 11) is 0. The molecule has 1 aromatic rings. The summed E-state index contributed by atoms with van der Waals surface area (Å²) in [6, 6.07) is 2.27. The molecule has 14 heavy (non-hydrogen) atoms. The van der Waals surface area contributed by atoms with Gasteiger partial charge in [-0.1, -0.05) is 19.8 Å². The molecule has 0 bridgehead atoms. The van der Waals surface area contributed by atoms with Crippen molar-refractivity contribution in [2.24, 2.45) is 5.73 Å². The molecule has 0 amide bonds. The van der Waals surface area contributed by atoms with E-state index < -0.39 is 0 Å². The van der Waals surface area contributed by atoms with E-state index in [4.69, 9.17) is 5.73 Å². The molecule has 0 spiro atoms. The summed E-state index contributed by atoms with van der Waals surface area (Å²) >= 11 is 1.91. The van der Waals surface area contributed by atoms with E-state index in [1.165, 1.54) is 31.2 Å². The van der Waals surface area contributed by atoms with Gasteiger partial charge < -0.3 is 5.73 Å². The van der Waals surface area contributed by atoms with Crippen molar-refractivity contribution in [3.05, 3.63) is 21.9 Å². The van der Waals surface area contributed by atoms with Crippen molar-refractivity contribution in [1.29, 1.82) is 0 Å². The number of rotatable bonds is 3. The fourth-order valence-electron chi connectivity index (χ4n) is 2.66. The standard InChI is InChI=1S/C12H19NS/c1-2-10-5-8-14-11(10)12(9-13)6-3-4-7-12/h5,8H,2-4,6-7,9,13H2,1H3. The predicted octanol–water partition coefficient (Wildman–Crippen LogP) is 3.08. The van der Waals surface area contributed by atoms with Crippen molar-refractivity contribution < 1.29 is 0 Å². The molecule has 1 nitrogen and oxygen atoms in total. The summed E-state index contributed by atoms with van der Waals surface area (Å²) in [6.45, 7) is 3.07. The van der Waals surface area contributed by atoms with Crippen LogP contribution in [-0.4, -0.2) is 6.54 Å². The van der Waals surface area contributed by atoms with Crippen LogP contribution in [-0.2, 0) is 11.8 Å². The molecule has 0 saturated heterocycles. The van der Waals surface area contributed by atoms with Crippen molar-refractivity contribution >= 4 is 11.3 Å². The van der Waals surface area contributed by atoms with Crippen LogP contribution in [0.25, 0.3) is 0 Å². The van der Waals surface area contributed by atoms with Crippen LogP contribution in [0, 0.1) is 0 Å². The highest BCUT2D eigenvalue weighted by molar-refractivity contribution is 7.10. The van der Waals surface area contributed by atoms with Crippen LogP contribution in [0.5, 0.6) is 0 Å². The van der Waals surface area contributed by atoms with Gasteiger partial charge in [0.05, 0.1) is 0 Å². The predicted molar refractivity (Wildman–Crippen MR) is 62.9 cm³/mol. The zero-order chi connectivity index (χ0) is 10.0. The van der Waals surface area contributed by atoms with E-state index in [1.54, 1.807) is 4.88 Å². The Morgan fingerprint density at radius 2 is 2.14 bits per heavy atom. The van der Waals surface area contributed by atoms with Gasteiger partial charge in [-0.05, 0) is 36.3 Å². The maximum absolute atomic E-state index is 5.99. The van der Waals surface area contributed by atoms with E-state index in [0.717, 1.165) is 13.0 Å². The Kier molecular flexibility index (Phi) is 2.93. The van der Waals surface area contributed by atoms with Crippen molar-refractivity contribution in [2.45, 2.75) is 44.4 Å². The summed E-state index contributed by atoms with van der Waals surface area (Å²) in [5.74, 6) is 0. The Bertz CT molecular complexity index is 297. The van der Waals surface area contributed by atoms with Crippen molar-refractivity contribution in [3.63, 3.8) is 0 Å². The number of thiophene rings is 1. The first kappa shape index (κ1) is 10.2.